The minimum atomic E-state index is -3.22. The Kier molecular flexibility index (Phi) is 5.78. The number of amides is 1. The Morgan fingerprint density at radius 3 is 2.56 bits per heavy atom. The van der Waals surface area contributed by atoms with Gasteiger partial charge in [0.1, 0.15) is 17.2 Å². The van der Waals surface area contributed by atoms with Crippen LogP contribution in [0.1, 0.15) is 6.42 Å². The highest BCUT2D eigenvalue weighted by molar-refractivity contribution is 7.91. The summed E-state index contributed by atoms with van der Waals surface area (Å²) in [5, 5.41) is 2.15. The van der Waals surface area contributed by atoms with Gasteiger partial charge in [0.05, 0.1) is 29.3 Å². The Labute approximate surface area is 199 Å². The molecular formula is C24H20FN3O4S2. The molecule has 0 spiro atoms. The van der Waals surface area contributed by atoms with E-state index >= 15 is 0 Å². The van der Waals surface area contributed by atoms with Gasteiger partial charge >= 0.3 is 0 Å². The molecule has 0 radical (unpaired) electrons. The number of hydrogen-bond donors (Lipinski definition) is 0. The zero-order valence-electron chi connectivity index (χ0n) is 17.9. The van der Waals surface area contributed by atoms with E-state index in [1.54, 1.807) is 41.8 Å². The summed E-state index contributed by atoms with van der Waals surface area (Å²) in [7, 11) is -3.22. The summed E-state index contributed by atoms with van der Waals surface area (Å²) in [4.78, 5) is 33.2. The molecule has 7 nitrogen and oxygen atoms in total. The molecule has 1 aliphatic rings. The maximum Gasteiger partial charge on any atom is 0.263 e. The molecule has 5 rings (SSSR count). The number of benzene rings is 2. The van der Waals surface area contributed by atoms with E-state index in [0.717, 1.165) is 0 Å². The number of sulfone groups is 1. The van der Waals surface area contributed by atoms with Crippen LogP contribution in [0.4, 0.5) is 10.1 Å². The first-order valence-electron chi connectivity index (χ1n) is 10.6. The fraction of sp³-hybridized carbons (Fsp3) is 0.208. The molecule has 2 aromatic heterocycles. The Bertz CT molecular complexity index is 1530. The van der Waals surface area contributed by atoms with Crippen LogP contribution in [0.3, 0.4) is 0 Å². The predicted molar refractivity (Wildman–Crippen MR) is 130 cm³/mol. The van der Waals surface area contributed by atoms with Gasteiger partial charge in [-0.2, -0.15) is 0 Å². The first-order chi connectivity index (χ1) is 16.3. The zero-order chi connectivity index (χ0) is 23.9. The summed E-state index contributed by atoms with van der Waals surface area (Å²) in [5.74, 6) is -0.856. The number of fused-ring (bicyclic) bond motifs is 1. The van der Waals surface area contributed by atoms with E-state index in [0.29, 0.717) is 33.5 Å². The Hall–Kier alpha value is -3.37. The van der Waals surface area contributed by atoms with E-state index < -0.39 is 21.8 Å². The second kappa shape index (κ2) is 8.77. The normalized spacial score (nSPS) is 17.1. The molecule has 174 valence electrons. The van der Waals surface area contributed by atoms with Crippen LogP contribution in [-0.4, -0.2) is 41.4 Å². The fourth-order valence-electron chi connectivity index (χ4n) is 4.27. The number of hydrogen-bond acceptors (Lipinski definition) is 6. The highest BCUT2D eigenvalue weighted by Gasteiger charge is 2.35. The number of nitrogens with zero attached hydrogens (tertiary/aromatic N) is 3. The molecule has 1 amide bonds. The van der Waals surface area contributed by atoms with Crippen molar-refractivity contribution in [3.05, 3.63) is 82.5 Å². The molecule has 0 N–H and O–H groups in total. The van der Waals surface area contributed by atoms with Gasteiger partial charge in [0, 0.05) is 16.6 Å². The number of anilines is 1. The van der Waals surface area contributed by atoms with Crippen LogP contribution < -0.4 is 10.5 Å². The highest BCUT2D eigenvalue weighted by atomic mass is 32.2. The van der Waals surface area contributed by atoms with Crippen LogP contribution in [0, 0.1) is 5.82 Å². The lowest BCUT2D eigenvalue weighted by molar-refractivity contribution is -0.119. The third-order valence-electron chi connectivity index (χ3n) is 5.90. The van der Waals surface area contributed by atoms with Crippen LogP contribution in [0.5, 0.6) is 0 Å². The molecule has 1 aliphatic heterocycles. The SMILES string of the molecule is O=C(Cn1cnc2scc(-c3ccc(F)cc3)c2c1=O)N(c1ccccc1)[C@H]1CCS(=O)(=O)C1. The van der Waals surface area contributed by atoms with Gasteiger partial charge in [-0.25, -0.2) is 17.8 Å². The minimum absolute atomic E-state index is 0.0255. The number of halogens is 1. The predicted octanol–water partition coefficient (Wildman–Crippen LogP) is 3.48. The summed E-state index contributed by atoms with van der Waals surface area (Å²) in [6.07, 6.45) is 1.68. The van der Waals surface area contributed by atoms with E-state index in [1.165, 1.54) is 39.3 Å². The number of aromatic nitrogens is 2. The number of carbonyl (C=O) groups is 1. The molecule has 2 aromatic carbocycles. The third-order valence-corrected chi connectivity index (χ3v) is 8.53. The molecule has 1 atom stereocenters. The summed E-state index contributed by atoms with van der Waals surface area (Å²) < 4.78 is 38.8. The molecule has 0 saturated carbocycles. The van der Waals surface area contributed by atoms with Crippen molar-refractivity contribution in [1.29, 1.82) is 0 Å². The van der Waals surface area contributed by atoms with Gasteiger partial charge in [-0.15, -0.1) is 11.3 Å². The largest absolute Gasteiger partial charge is 0.307 e. The molecule has 1 saturated heterocycles. The van der Waals surface area contributed by atoms with E-state index in [1.807, 2.05) is 6.07 Å². The average Bonchev–Trinajstić information content (AvgIpc) is 3.41. The standard InChI is InChI=1S/C24H20FN3O4S2/c25-17-8-6-16(7-9-17)20-13-33-23-22(20)24(30)27(15-26-23)12-21(29)28(18-4-2-1-3-5-18)19-10-11-34(31,32)14-19/h1-9,13,15,19H,10-12,14H2/t19-/m0/s1. The number of para-hydroxylation sites is 1. The van der Waals surface area contributed by atoms with Gasteiger partial charge in [0.15, 0.2) is 9.84 Å². The first kappa shape index (κ1) is 22.4. The number of carbonyl (C=O) groups excluding carboxylic acids is 1. The summed E-state index contributed by atoms with van der Waals surface area (Å²) >= 11 is 1.30. The maximum absolute atomic E-state index is 13.4. The average molecular weight is 498 g/mol. The van der Waals surface area contributed by atoms with Crippen molar-refractivity contribution in [3.8, 4) is 11.1 Å². The van der Waals surface area contributed by atoms with E-state index in [2.05, 4.69) is 4.98 Å². The first-order valence-corrected chi connectivity index (χ1v) is 13.3. The van der Waals surface area contributed by atoms with Gasteiger partial charge in [-0.05, 0) is 36.2 Å². The molecular weight excluding hydrogens is 477 g/mol. The van der Waals surface area contributed by atoms with Gasteiger partial charge in [-0.1, -0.05) is 30.3 Å². The lowest BCUT2D eigenvalue weighted by Crippen LogP contribution is -2.44. The molecule has 34 heavy (non-hydrogen) atoms. The van der Waals surface area contributed by atoms with Crippen molar-refractivity contribution in [2.45, 2.75) is 19.0 Å². The Morgan fingerprint density at radius 2 is 1.88 bits per heavy atom. The van der Waals surface area contributed by atoms with Crippen LogP contribution in [0.15, 0.2) is 71.1 Å². The minimum Gasteiger partial charge on any atom is -0.307 e. The van der Waals surface area contributed by atoms with E-state index in [-0.39, 0.29) is 29.4 Å². The van der Waals surface area contributed by atoms with Crippen molar-refractivity contribution < 1.29 is 17.6 Å². The molecule has 0 aliphatic carbocycles. The van der Waals surface area contributed by atoms with E-state index in [9.17, 15) is 22.4 Å². The molecule has 0 bridgehead atoms. The lowest BCUT2D eigenvalue weighted by atomic mass is 10.1. The number of thiophene rings is 1. The summed E-state index contributed by atoms with van der Waals surface area (Å²) in [6.45, 7) is -0.286. The molecule has 4 aromatic rings. The van der Waals surface area contributed by atoms with Crippen LogP contribution >= 0.6 is 11.3 Å². The zero-order valence-corrected chi connectivity index (χ0v) is 19.6. The highest BCUT2D eigenvalue weighted by Crippen LogP contribution is 2.31. The molecule has 1 fully saturated rings. The summed E-state index contributed by atoms with van der Waals surface area (Å²) in [6, 6.07) is 14.2. The number of rotatable bonds is 5. The van der Waals surface area contributed by atoms with Gasteiger partial charge in [0.25, 0.3) is 5.56 Å². The second-order valence-electron chi connectivity index (χ2n) is 8.17. The van der Waals surface area contributed by atoms with Crippen LogP contribution in [-0.2, 0) is 21.2 Å². The molecule has 0 unspecified atom stereocenters. The van der Waals surface area contributed by atoms with Crippen molar-refractivity contribution in [2.75, 3.05) is 16.4 Å². The Balaban J connectivity index is 1.52. The van der Waals surface area contributed by atoms with Gasteiger partial charge in [0.2, 0.25) is 5.91 Å². The molecule has 3 heterocycles. The van der Waals surface area contributed by atoms with Crippen LogP contribution in [0.2, 0.25) is 0 Å². The van der Waals surface area contributed by atoms with Crippen LogP contribution in [0.25, 0.3) is 21.3 Å². The van der Waals surface area contributed by atoms with E-state index in [4.69, 9.17) is 0 Å². The second-order valence-corrected chi connectivity index (χ2v) is 11.3. The maximum atomic E-state index is 13.4. The third kappa shape index (κ3) is 4.26. The topological polar surface area (TPSA) is 89.3 Å². The van der Waals surface area contributed by atoms with Gasteiger partial charge in [-0.3, -0.25) is 14.2 Å². The quantitative estimate of drug-likeness (QED) is 0.421. The fourth-order valence-corrected chi connectivity index (χ4v) is 6.88. The Morgan fingerprint density at radius 1 is 1.15 bits per heavy atom. The smallest absolute Gasteiger partial charge is 0.263 e. The summed E-state index contributed by atoms with van der Waals surface area (Å²) in [5.41, 5.74) is 1.50. The van der Waals surface area contributed by atoms with Crippen molar-refractivity contribution in [2.24, 2.45) is 0 Å². The van der Waals surface area contributed by atoms with Crippen molar-refractivity contribution in [1.82, 2.24) is 9.55 Å². The molecule has 10 heteroatoms. The lowest BCUT2D eigenvalue weighted by Gasteiger charge is -2.28. The van der Waals surface area contributed by atoms with Crippen molar-refractivity contribution >= 4 is 43.0 Å². The monoisotopic (exact) mass is 497 g/mol. The van der Waals surface area contributed by atoms with Crippen molar-refractivity contribution in [3.63, 3.8) is 0 Å². The van der Waals surface area contributed by atoms with Gasteiger partial charge < -0.3 is 4.90 Å².